The van der Waals surface area contributed by atoms with E-state index in [1.54, 1.807) is 0 Å². The first kappa shape index (κ1) is 16.9. The van der Waals surface area contributed by atoms with Crippen molar-refractivity contribution in [2.75, 3.05) is 30.7 Å². The number of hydrogen-bond acceptors (Lipinski definition) is 3. The molecule has 1 saturated heterocycles. The molecule has 0 bridgehead atoms. The molecule has 6 heteroatoms. The van der Waals surface area contributed by atoms with E-state index >= 15 is 0 Å². The number of nitrogens with two attached hydrogens (primary N) is 1. The molecule has 0 spiro atoms. The number of alkyl halides is 3. The van der Waals surface area contributed by atoms with E-state index in [9.17, 15) is 13.2 Å². The van der Waals surface area contributed by atoms with E-state index < -0.39 is 12.6 Å². The molecule has 1 aromatic carbocycles. The van der Waals surface area contributed by atoms with Gasteiger partial charge >= 0.3 is 6.18 Å². The first-order valence-corrected chi connectivity index (χ1v) is 7.75. The largest absolute Gasteiger partial charge is 0.399 e. The lowest BCUT2D eigenvalue weighted by Crippen LogP contribution is -2.42. The highest BCUT2D eigenvalue weighted by molar-refractivity contribution is 5.57. The van der Waals surface area contributed by atoms with Gasteiger partial charge in [-0.3, -0.25) is 0 Å². The SMILES string of the molecule is Cc1cc(NC2CCCN(CCCC(F)(F)F)C2)ccc1N. The number of nitrogens with one attached hydrogen (secondary N) is 1. The van der Waals surface area contributed by atoms with Crippen LogP contribution in [0, 0.1) is 6.92 Å². The van der Waals surface area contributed by atoms with Crippen molar-refractivity contribution in [3.05, 3.63) is 23.8 Å². The van der Waals surface area contributed by atoms with Crippen molar-refractivity contribution in [2.24, 2.45) is 0 Å². The van der Waals surface area contributed by atoms with Gasteiger partial charge in [-0.2, -0.15) is 13.2 Å². The Morgan fingerprint density at radius 3 is 2.82 bits per heavy atom. The average Bonchev–Trinajstić information content (AvgIpc) is 2.42. The van der Waals surface area contributed by atoms with Crippen LogP contribution in [0.3, 0.4) is 0 Å². The van der Waals surface area contributed by atoms with Gasteiger partial charge < -0.3 is 16.0 Å². The van der Waals surface area contributed by atoms with Crippen LogP contribution in [0.15, 0.2) is 18.2 Å². The zero-order valence-corrected chi connectivity index (χ0v) is 12.9. The van der Waals surface area contributed by atoms with Crippen LogP contribution >= 0.6 is 0 Å². The summed E-state index contributed by atoms with van der Waals surface area (Å²) in [6, 6.07) is 6.12. The molecule has 0 aliphatic carbocycles. The predicted octanol–water partition coefficient (Wildman–Crippen LogP) is 3.80. The van der Waals surface area contributed by atoms with E-state index in [1.807, 2.05) is 25.1 Å². The summed E-state index contributed by atoms with van der Waals surface area (Å²) in [6.07, 6.45) is -2.51. The summed E-state index contributed by atoms with van der Waals surface area (Å²) >= 11 is 0. The number of likely N-dealkylation sites (tertiary alicyclic amines) is 1. The van der Waals surface area contributed by atoms with E-state index in [2.05, 4.69) is 10.2 Å². The van der Waals surface area contributed by atoms with Gasteiger partial charge in [0.1, 0.15) is 0 Å². The first-order valence-electron chi connectivity index (χ1n) is 7.75. The molecule has 3 N–H and O–H groups in total. The summed E-state index contributed by atoms with van der Waals surface area (Å²) in [5.41, 5.74) is 8.63. The Morgan fingerprint density at radius 2 is 2.14 bits per heavy atom. The lowest BCUT2D eigenvalue weighted by molar-refractivity contribution is -0.136. The summed E-state index contributed by atoms with van der Waals surface area (Å²) in [5, 5.41) is 3.47. The highest BCUT2D eigenvalue weighted by Gasteiger charge is 2.27. The van der Waals surface area contributed by atoms with Gasteiger partial charge in [0.15, 0.2) is 0 Å². The molecule has 124 valence electrons. The van der Waals surface area contributed by atoms with Crippen LogP contribution in [0.2, 0.25) is 0 Å². The summed E-state index contributed by atoms with van der Waals surface area (Å²) in [5.74, 6) is 0. The molecular formula is C16H24F3N3. The van der Waals surface area contributed by atoms with Crippen LogP contribution in [-0.4, -0.2) is 36.8 Å². The molecule has 1 fully saturated rings. The molecule has 0 saturated carbocycles. The van der Waals surface area contributed by atoms with Gasteiger partial charge in [-0.25, -0.2) is 0 Å². The maximum absolute atomic E-state index is 12.2. The Labute approximate surface area is 129 Å². The maximum atomic E-state index is 12.2. The third-order valence-electron chi connectivity index (χ3n) is 4.08. The lowest BCUT2D eigenvalue weighted by atomic mass is 10.0. The van der Waals surface area contributed by atoms with E-state index in [1.165, 1.54) is 0 Å². The number of anilines is 2. The van der Waals surface area contributed by atoms with Crippen molar-refractivity contribution < 1.29 is 13.2 Å². The summed E-state index contributed by atoms with van der Waals surface area (Å²) in [4.78, 5) is 2.12. The van der Waals surface area contributed by atoms with Crippen molar-refractivity contribution in [2.45, 2.75) is 44.8 Å². The summed E-state index contributed by atoms with van der Waals surface area (Å²) in [6.45, 7) is 4.15. The standard InChI is InChI=1S/C16H24F3N3/c1-12-10-13(5-6-15(12)20)21-14-4-2-8-22(11-14)9-3-7-16(17,18)19/h5-6,10,14,21H,2-4,7-9,11,20H2,1H3. The molecule has 22 heavy (non-hydrogen) atoms. The van der Waals surface area contributed by atoms with Crippen molar-refractivity contribution in [3.63, 3.8) is 0 Å². The Morgan fingerprint density at radius 1 is 1.36 bits per heavy atom. The second kappa shape index (κ2) is 7.22. The Bertz CT molecular complexity index is 488. The van der Waals surface area contributed by atoms with Crippen LogP contribution in [0.1, 0.15) is 31.2 Å². The van der Waals surface area contributed by atoms with E-state index in [0.717, 1.165) is 42.9 Å². The van der Waals surface area contributed by atoms with Crippen molar-refractivity contribution in [3.8, 4) is 0 Å². The van der Waals surface area contributed by atoms with Gasteiger partial charge in [0.05, 0.1) is 0 Å². The third kappa shape index (κ3) is 5.40. The van der Waals surface area contributed by atoms with E-state index in [-0.39, 0.29) is 12.5 Å². The molecule has 1 atom stereocenters. The molecule has 2 rings (SSSR count). The molecule has 1 aliphatic rings. The molecule has 1 unspecified atom stereocenters. The van der Waals surface area contributed by atoms with Gasteiger partial charge in [0.25, 0.3) is 0 Å². The van der Waals surface area contributed by atoms with Crippen LogP contribution in [0.5, 0.6) is 0 Å². The number of nitrogens with zero attached hydrogens (tertiary/aromatic N) is 1. The number of benzene rings is 1. The molecule has 0 amide bonds. The normalized spacial score (nSPS) is 20.1. The molecular weight excluding hydrogens is 291 g/mol. The molecule has 3 nitrogen and oxygen atoms in total. The number of aryl methyl sites for hydroxylation is 1. The fraction of sp³-hybridized carbons (Fsp3) is 0.625. The third-order valence-corrected chi connectivity index (χ3v) is 4.08. The van der Waals surface area contributed by atoms with Crippen LogP contribution in [-0.2, 0) is 0 Å². The maximum Gasteiger partial charge on any atom is 0.389 e. The van der Waals surface area contributed by atoms with Gasteiger partial charge in [-0.05, 0) is 63.0 Å². The molecule has 0 radical (unpaired) electrons. The van der Waals surface area contributed by atoms with Crippen LogP contribution in [0.25, 0.3) is 0 Å². The number of rotatable bonds is 5. The second-order valence-electron chi connectivity index (χ2n) is 6.07. The smallest absolute Gasteiger partial charge is 0.389 e. The van der Waals surface area contributed by atoms with Crippen LogP contribution < -0.4 is 11.1 Å². The Hall–Kier alpha value is -1.43. The minimum Gasteiger partial charge on any atom is -0.399 e. The minimum atomic E-state index is -4.05. The topological polar surface area (TPSA) is 41.3 Å². The number of nitrogen functional groups attached to an aromatic ring is 1. The average molecular weight is 315 g/mol. The monoisotopic (exact) mass is 315 g/mol. The molecule has 1 aromatic rings. The first-order chi connectivity index (χ1) is 10.3. The van der Waals surface area contributed by atoms with Crippen molar-refractivity contribution in [1.29, 1.82) is 0 Å². The highest BCUT2D eigenvalue weighted by atomic mass is 19.4. The number of piperidine rings is 1. The van der Waals surface area contributed by atoms with Gasteiger partial charge in [0, 0.05) is 30.4 Å². The van der Waals surface area contributed by atoms with Crippen molar-refractivity contribution >= 4 is 11.4 Å². The number of halogens is 3. The van der Waals surface area contributed by atoms with E-state index in [0.29, 0.717) is 6.54 Å². The van der Waals surface area contributed by atoms with Crippen LogP contribution in [0.4, 0.5) is 24.5 Å². The fourth-order valence-corrected chi connectivity index (χ4v) is 2.88. The predicted molar refractivity (Wildman–Crippen MR) is 84.0 cm³/mol. The van der Waals surface area contributed by atoms with Crippen molar-refractivity contribution in [1.82, 2.24) is 4.90 Å². The molecule has 0 aromatic heterocycles. The summed E-state index contributed by atoms with van der Waals surface area (Å²) < 4.78 is 36.6. The molecule has 1 aliphatic heterocycles. The number of hydrogen-bond donors (Lipinski definition) is 2. The lowest BCUT2D eigenvalue weighted by Gasteiger charge is -2.33. The quantitative estimate of drug-likeness (QED) is 0.812. The fourth-order valence-electron chi connectivity index (χ4n) is 2.88. The Kier molecular flexibility index (Phi) is 5.56. The van der Waals surface area contributed by atoms with Gasteiger partial charge in [-0.1, -0.05) is 0 Å². The minimum absolute atomic E-state index is 0.178. The molecule has 1 heterocycles. The Balaban J connectivity index is 1.81. The van der Waals surface area contributed by atoms with Gasteiger partial charge in [-0.15, -0.1) is 0 Å². The zero-order valence-electron chi connectivity index (χ0n) is 12.9. The second-order valence-corrected chi connectivity index (χ2v) is 6.07. The van der Waals surface area contributed by atoms with Gasteiger partial charge in [0.2, 0.25) is 0 Å². The highest BCUT2D eigenvalue weighted by Crippen LogP contribution is 2.23. The zero-order chi connectivity index (χ0) is 16.2. The van der Waals surface area contributed by atoms with E-state index in [4.69, 9.17) is 5.73 Å². The summed E-state index contributed by atoms with van der Waals surface area (Å²) in [7, 11) is 0.